The minimum Gasteiger partial charge on any atom is -0.665 e. The van der Waals surface area contributed by atoms with Gasteiger partial charge in [0.15, 0.2) is 0 Å². The summed E-state index contributed by atoms with van der Waals surface area (Å²) >= 11 is 0. The second-order valence-corrected chi connectivity index (χ2v) is 16.1. The number of nitrogens with one attached hydrogen (secondary N) is 8. The van der Waals surface area contributed by atoms with E-state index in [-0.39, 0.29) is 17.1 Å². The Bertz CT molecular complexity index is 1060. The van der Waals surface area contributed by atoms with Crippen LogP contribution in [-0.4, -0.2) is 142 Å². The molecule has 16 unspecified atom stereocenters. The Morgan fingerprint density at radius 1 is 0.292 bits per heavy atom. The van der Waals surface area contributed by atoms with Crippen LogP contribution in [0.4, 0.5) is 0 Å². The van der Waals surface area contributed by atoms with Crippen molar-refractivity contribution in [3.63, 3.8) is 0 Å². The molecule has 0 aromatic carbocycles. The first-order valence-electron chi connectivity index (χ1n) is 21.1. The predicted octanol–water partition coefficient (Wildman–Crippen LogP) is -0.690. The van der Waals surface area contributed by atoms with Crippen molar-refractivity contribution in [2.45, 2.75) is 146 Å². The molecule has 0 aromatic rings. The van der Waals surface area contributed by atoms with E-state index in [1.807, 2.05) is 0 Å². The van der Waals surface area contributed by atoms with Crippen LogP contribution < -0.4 is 42.5 Å². The van der Waals surface area contributed by atoms with E-state index in [1.54, 1.807) is 0 Å². The van der Waals surface area contributed by atoms with Crippen LogP contribution in [0.1, 0.15) is 96.3 Å². The predicted molar refractivity (Wildman–Crippen MR) is 223 cm³/mol. The Labute approximate surface area is 389 Å². The molecule has 4 saturated carbocycles. The largest absolute Gasteiger partial charge is 0.665 e. The Morgan fingerprint density at radius 3 is 0.677 bits per heavy atom. The third-order valence-corrected chi connectivity index (χ3v) is 13.6. The number of hydrogen-bond acceptors (Lipinski definition) is 16. The van der Waals surface area contributed by atoms with Crippen molar-refractivity contribution in [1.29, 1.82) is 0 Å². The van der Waals surface area contributed by atoms with Gasteiger partial charge in [-0.3, -0.25) is 42.5 Å². The molecular weight excluding hydrogens is 912 g/mol. The Morgan fingerprint density at radius 2 is 0.462 bits per heavy atom. The van der Waals surface area contributed by atoms with Crippen LogP contribution in [0.2, 0.25) is 0 Å². The molecule has 5 heterocycles. The Hall–Kier alpha value is -4.04. The van der Waals surface area contributed by atoms with Gasteiger partial charge in [0, 0.05) is 23.2 Å². The minimum atomic E-state index is 0. The molecule has 0 spiro atoms. The molecule has 5 saturated heterocycles. The van der Waals surface area contributed by atoms with Gasteiger partial charge in [0.25, 0.3) is 0 Å². The van der Waals surface area contributed by atoms with Gasteiger partial charge in [-0.1, -0.05) is 103 Å². The monoisotopic (exact) mass is 974 g/mol. The van der Waals surface area contributed by atoms with E-state index in [0.29, 0.717) is 113 Å². The summed E-state index contributed by atoms with van der Waals surface area (Å²) < 4.78 is 0. The summed E-state index contributed by atoms with van der Waals surface area (Å²) in [6.45, 7) is 4.00. The molecule has 9 rings (SSSR count). The van der Waals surface area contributed by atoms with E-state index in [2.05, 4.69) is 49.0 Å². The average molecular weight is 976 g/mol. The van der Waals surface area contributed by atoms with Crippen LogP contribution in [-0.2, 0) is 55.4 Å². The van der Waals surface area contributed by atoms with Crippen molar-refractivity contribution in [3.8, 4) is 0 Å². The van der Waals surface area contributed by atoms with Gasteiger partial charge >= 0.3 is 0 Å². The zero-order chi connectivity index (χ0) is 47.9. The zero-order valence-corrected chi connectivity index (χ0v) is 36.5. The third kappa shape index (κ3) is 18.6. The molecule has 1 radical (unpaired) electrons. The molecule has 379 valence electrons. The summed E-state index contributed by atoms with van der Waals surface area (Å²) in [7, 11) is 0. The first kappa shape index (κ1) is 61.0. The second-order valence-electron chi connectivity index (χ2n) is 16.1. The molecule has 5 aliphatic heterocycles. The molecule has 25 heteroatoms. The number of aliphatic hydroxyl groups excluding tert-OH is 8. The van der Waals surface area contributed by atoms with Crippen molar-refractivity contribution < 1.29 is 96.3 Å². The van der Waals surface area contributed by atoms with Crippen LogP contribution in [0, 0.1) is 53.8 Å². The van der Waals surface area contributed by atoms with Crippen LogP contribution in [0.3, 0.4) is 0 Å². The van der Waals surface area contributed by atoms with Crippen molar-refractivity contribution in [2.24, 2.45) is 47.3 Å². The molecule has 0 amide bonds. The molecule has 0 aromatic heterocycles. The van der Waals surface area contributed by atoms with Gasteiger partial charge in [-0.25, -0.2) is 0 Å². The van der Waals surface area contributed by atoms with E-state index in [0.717, 1.165) is 35.5 Å². The van der Waals surface area contributed by atoms with Crippen molar-refractivity contribution in [3.05, 3.63) is 6.42 Å². The summed E-state index contributed by atoms with van der Waals surface area (Å²) in [6, 6.07) is 0. The molecule has 9 aliphatic rings. The first-order valence-corrected chi connectivity index (χ1v) is 21.1. The topological polar surface area (TPSA) is 395 Å². The summed E-state index contributed by atoms with van der Waals surface area (Å²) in [4.78, 5) is 65.9. The molecule has 9 fully saturated rings. The summed E-state index contributed by atoms with van der Waals surface area (Å²) in [5.41, 5.74) is 0. The Kier molecular flexibility index (Phi) is 33.9. The van der Waals surface area contributed by atoms with Gasteiger partial charge < -0.3 is 85.6 Å². The molecule has 4 aliphatic carbocycles. The molecular formula is C40H63CuN8O16-9. The maximum absolute atomic E-state index is 8.24. The van der Waals surface area contributed by atoms with E-state index in [9.17, 15) is 0 Å². The van der Waals surface area contributed by atoms with E-state index in [4.69, 9.17) is 79.2 Å². The van der Waals surface area contributed by atoms with Gasteiger partial charge in [-0.15, -0.1) is 5.92 Å². The van der Waals surface area contributed by atoms with Crippen LogP contribution >= 0.6 is 0 Å². The molecule has 8 bridgehead atoms. The summed E-state index contributed by atoms with van der Waals surface area (Å²) in [5, 5.41) is 87.8. The SMILES string of the molecule is O=[C-]O.O=[C-]O.O=[C-]O.O=[C-]O.O=[C-]O.O=[C-]O.O=[C-]O.O=[C-]O.[CH-]1CCCC2C3NC(NC4NC(NC5NC(NC6NC(N3)C3CCCCC63)C3CCCCC53)C3CCCCC43)C12.[Cu]. The molecule has 24 nitrogen and oxygen atoms in total. The molecule has 16 atom stereocenters. The fraction of sp³-hybridized carbons (Fsp3) is 0.775. The van der Waals surface area contributed by atoms with Crippen LogP contribution in [0.25, 0.3) is 0 Å². The van der Waals surface area contributed by atoms with Crippen molar-refractivity contribution in [1.82, 2.24) is 42.5 Å². The zero-order valence-electron chi connectivity index (χ0n) is 35.6. The van der Waals surface area contributed by atoms with Gasteiger partial charge in [0.1, 0.15) is 0 Å². The van der Waals surface area contributed by atoms with Crippen molar-refractivity contribution in [2.75, 3.05) is 0 Å². The summed E-state index contributed by atoms with van der Waals surface area (Å²) in [6.07, 6.45) is 26.4. The van der Waals surface area contributed by atoms with Gasteiger partial charge in [-0.2, -0.15) is 6.42 Å². The van der Waals surface area contributed by atoms with Crippen LogP contribution in [0.15, 0.2) is 0 Å². The smallest absolute Gasteiger partial charge is 0.0628 e. The quantitative estimate of drug-likeness (QED) is 0.105. The normalized spacial score (nSPS) is 36.9. The van der Waals surface area contributed by atoms with E-state index >= 15 is 0 Å². The number of rotatable bonds is 0. The van der Waals surface area contributed by atoms with E-state index in [1.165, 1.54) is 96.3 Å². The van der Waals surface area contributed by atoms with Gasteiger partial charge in [0.05, 0.1) is 43.2 Å². The molecule has 16 N–H and O–H groups in total. The first-order chi connectivity index (χ1) is 31.1. The van der Waals surface area contributed by atoms with Gasteiger partial charge in [0.2, 0.25) is 0 Å². The summed E-state index contributed by atoms with van der Waals surface area (Å²) in [5.74, 6) is 5.74. The second kappa shape index (κ2) is 36.1. The number of hydrogen-bond donors (Lipinski definition) is 16. The number of fused-ring (bicyclic) bond motifs is 20. The standard InChI is InChI=1S/C32H55N8.8CHO2.Cu/c1-2-10-18-17(9-1)25-33-26(18)38-28-21-13-5-6-14-22(21)30(35-28)40-32-24-16-8-7-15-23(24)31(36-32)39-29-20-12-4-3-11-19(20)27(34-29)37-25;8*2-1-3;/h9,17-40H,1-8,10-16H2;8*(H,2,3);/q9*-1;. The fourth-order valence-corrected chi connectivity index (χ4v) is 11.7. The molecule has 65 heavy (non-hydrogen) atoms. The van der Waals surface area contributed by atoms with Crippen LogP contribution in [0.5, 0.6) is 0 Å². The Balaban J connectivity index is 0.00000139. The fourth-order valence-electron chi connectivity index (χ4n) is 11.7. The van der Waals surface area contributed by atoms with Crippen molar-refractivity contribution >= 4 is 51.8 Å². The third-order valence-electron chi connectivity index (χ3n) is 13.6. The van der Waals surface area contributed by atoms with E-state index < -0.39 is 0 Å². The minimum absolute atomic E-state index is 0. The maximum atomic E-state index is 8.24. The maximum Gasteiger partial charge on any atom is 0.0628 e. The average Bonchev–Trinajstić information content (AvgIpc) is 4.02. The van der Waals surface area contributed by atoms with Gasteiger partial charge in [-0.05, 0) is 80.0 Å².